The van der Waals surface area contributed by atoms with Crippen LogP contribution in [0.2, 0.25) is 0 Å². The second kappa shape index (κ2) is 3.48. The quantitative estimate of drug-likeness (QED) is 0.681. The van der Waals surface area contributed by atoms with E-state index in [1.165, 1.54) is 11.1 Å². The van der Waals surface area contributed by atoms with Crippen LogP contribution in [-0.2, 0) is 6.42 Å². The van der Waals surface area contributed by atoms with Gasteiger partial charge in [-0.15, -0.1) is 0 Å². The predicted molar refractivity (Wildman–Crippen MR) is 51.5 cm³/mol. The van der Waals surface area contributed by atoms with Gasteiger partial charge in [0.2, 0.25) is 0 Å². The van der Waals surface area contributed by atoms with E-state index in [0.29, 0.717) is 0 Å². The summed E-state index contributed by atoms with van der Waals surface area (Å²) in [5, 5.41) is 0. The van der Waals surface area contributed by atoms with Gasteiger partial charge in [0.25, 0.3) is 0 Å². The van der Waals surface area contributed by atoms with Crippen molar-refractivity contribution in [2.24, 2.45) is 0 Å². The topological polar surface area (TPSA) is 35.2 Å². The van der Waals surface area contributed by atoms with Crippen molar-refractivity contribution in [3.63, 3.8) is 0 Å². The van der Waals surface area contributed by atoms with Crippen LogP contribution in [0.1, 0.15) is 18.1 Å². The second-order valence-electron chi connectivity index (χ2n) is 2.83. The van der Waals surface area contributed by atoms with E-state index in [1.807, 2.05) is 12.1 Å². The van der Waals surface area contributed by atoms with Crippen molar-refractivity contribution in [3.05, 3.63) is 23.3 Å². The number of ether oxygens (including phenoxy) is 1. The first kappa shape index (κ1) is 8.91. The molecule has 12 heavy (non-hydrogen) atoms. The van der Waals surface area contributed by atoms with Gasteiger partial charge >= 0.3 is 0 Å². The molecule has 0 aliphatic carbocycles. The Hall–Kier alpha value is -1.18. The number of methoxy groups -OCH3 is 1. The number of hydrogen-bond donors (Lipinski definition) is 1. The number of rotatable bonds is 2. The molecule has 0 saturated carbocycles. The van der Waals surface area contributed by atoms with Crippen molar-refractivity contribution in [2.45, 2.75) is 20.3 Å². The van der Waals surface area contributed by atoms with Crippen molar-refractivity contribution >= 4 is 5.69 Å². The summed E-state index contributed by atoms with van der Waals surface area (Å²) in [6.45, 7) is 4.16. The molecule has 0 amide bonds. The maximum atomic E-state index is 5.88. The monoisotopic (exact) mass is 165 g/mol. The number of benzene rings is 1. The molecule has 2 nitrogen and oxygen atoms in total. The van der Waals surface area contributed by atoms with Gasteiger partial charge in [-0.05, 0) is 30.5 Å². The third-order valence-corrected chi connectivity index (χ3v) is 2.12. The SMILES string of the molecule is CCc1c(C)ccc(OC)c1N. The molecule has 1 aromatic carbocycles. The lowest BCUT2D eigenvalue weighted by Gasteiger charge is -2.10. The fourth-order valence-electron chi connectivity index (χ4n) is 1.40. The second-order valence-corrected chi connectivity index (χ2v) is 2.83. The molecule has 0 spiro atoms. The zero-order chi connectivity index (χ0) is 9.14. The minimum absolute atomic E-state index is 0.775. The Morgan fingerprint density at radius 1 is 1.42 bits per heavy atom. The van der Waals surface area contributed by atoms with Crippen LogP contribution >= 0.6 is 0 Å². The lowest BCUT2D eigenvalue weighted by Crippen LogP contribution is -1.99. The molecule has 2 N–H and O–H groups in total. The molecule has 0 heterocycles. The average molecular weight is 165 g/mol. The first-order valence-electron chi connectivity index (χ1n) is 4.12. The highest BCUT2D eigenvalue weighted by Gasteiger charge is 2.05. The average Bonchev–Trinajstić information content (AvgIpc) is 2.06. The van der Waals surface area contributed by atoms with Crippen LogP contribution in [-0.4, -0.2) is 7.11 Å². The summed E-state index contributed by atoms with van der Waals surface area (Å²) >= 11 is 0. The number of nitrogen functional groups attached to an aromatic ring is 1. The van der Waals surface area contributed by atoms with E-state index in [4.69, 9.17) is 10.5 Å². The van der Waals surface area contributed by atoms with Crippen molar-refractivity contribution in [2.75, 3.05) is 12.8 Å². The van der Waals surface area contributed by atoms with Crippen LogP contribution in [0.5, 0.6) is 5.75 Å². The van der Waals surface area contributed by atoms with E-state index in [1.54, 1.807) is 7.11 Å². The van der Waals surface area contributed by atoms with Gasteiger partial charge in [-0.3, -0.25) is 0 Å². The minimum Gasteiger partial charge on any atom is -0.495 e. The zero-order valence-corrected chi connectivity index (χ0v) is 7.85. The molecule has 0 radical (unpaired) electrons. The van der Waals surface area contributed by atoms with Gasteiger partial charge in [0.15, 0.2) is 0 Å². The summed E-state index contributed by atoms with van der Waals surface area (Å²) in [7, 11) is 1.64. The summed E-state index contributed by atoms with van der Waals surface area (Å²) < 4.78 is 5.12. The molecule has 0 bridgehead atoms. The number of anilines is 1. The molecule has 1 rings (SSSR count). The first-order valence-corrected chi connectivity index (χ1v) is 4.12. The summed E-state index contributed by atoms with van der Waals surface area (Å²) in [4.78, 5) is 0. The molecule has 0 aliphatic heterocycles. The van der Waals surface area contributed by atoms with Crippen LogP contribution in [0.25, 0.3) is 0 Å². The van der Waals surface area contributed by atoms with Crippen molar-refractivity contribution < 1.29 is 4.74 Å². The van der Waals surface area contributed by atoms with Gasteiger partial charge in [-0.1, -0.05) is 13.0 Å². The third-order valence-electron chi connectivity index (χ3n) is 2.12. The van der Waals surface area contributed by atoms with Crippen LogP contribution in [0.15, 0.2) is 12.1 Å². The molecule has 0 atom stereocenters. The van der Waals surface area contributed by atoms with Crippen molar-refractivity contribution in [1.82, 2.24) is 0 Å². The molecule has 0 aliphatic rings. The van der Waals surface area contributed by atoms with Gasteiger partial charge in [0.1, 0.15) is 5.75 Å². The number of hydrogen-bond acceptors (Lipinski definition) is 2. The Morgan fingerprint density at radius 2 is 2.08 bits per heavy atom. The van der Waals surface area contributed by atoms with E-state index in [2.05, 4.69) is 13.8 Å². The van der Waals surface area contributed by atoms with E-state index >= 15 is 0 Å². The summed E-state index contributed by atoms with van der Waals surface area (Å²) in [6.07, 6.45) is 0.953. The highest BCUT2D eigenvalue weighted by atomic mass is 16.5. The molecule has 0 fully saturated rings. The molecular formula is C10H15NO. The van der Waals surface area contributed by atoms with Crippen LogP contribution < -0.4 is 10.5 Å². The van der Waals surface area contributed by atoms with E-state index in [0.717, 1.165) is 17.9 Å². The molecule has 1 aromatic rings. The Balaban J connectivity index is 3.24. The van der Waals surface area contributed by atoms with Crippen LogP contribution in [0.3, 0.4) is 0 Å². The van der Waals surface area contributed by atoms with Gasteiger partial charge < -0.3 is 10.5 Å². The zero-order valence-electron chi connectivity index (χ0n) is 7.85. The van der Waals surface area contributed by atoms with Gasteiger partial charge in [-0.25, -0.2) is 0 Å². The van der Waals surface area contributed by atoms with E-state index < -0.39 is 0 Å². The summed E-state index contributed by atoms with van der Waals surface area (Å²) in [5.41, 5.74) is 9.08. The minimum atomic E-state index is 0.775. The first-order chi connectivity index (χ1) is 5.70. The Kier molecular flexibility index (Phi) is 2.58. The van der Waals surface area contributed by atoms with E-state index in [9.17, 15) is 0 Å². The molecule has 66 valence electrons. The van der Waals surface area contributed by atoms with Crippen LogP contribution in [0.4, 0.5) is 5.69 Å². The predicted octanol–water partition coefficient (Wildman–Crippen LogP) is 2.15. The van der Waals surface area contributed by atoms with Gasteiger partial charge in [-0.2, -0.15) is 0 Å². The Morgan fingerprint density at radius 3 is 2.58 bits per heavy atom. The van der Waals surface area contributed by atoms with Crippen LogP contribution in [0, 0.1) is 6.92 Å². The maximum Gasteiger partial charge on any atom is 0.142 e. The van der Waals surface area contributed by atoms with Gasteiger partial charge in [0.05, 0.1) is 12.8 Å². The molecular weight excluding hydrogens is 150 g/mol. The molecule has 0 unspecified atom stereocenters. The number of nitrogens with two attached hydrogens (primary N) is 1. The standard InChI is InChI=1S/C10H15NO/c1-4-8-7(2)5-6-9(12-3)10(8)11/h5-6H,4,11H2,1-3H3. The molecule has 0 aromatic heterocycles. The fourth-order valence-corrected chi connectivity index (χ4v) is 1.40. The van der Waals surface area contributed by atoms with Gasteiger partial charge in [0, 0.05) is 0 Å². The molecule has 0 saturated heterocycles. The Bertz CT molecular complexity index is 281. The highest BCUT2D eigenvalue weighted by molar-refractivity contribution is 5.61. The van der Waals surface area contributed by atoms with E-state index in [-0.39, 0.29) is 0 Å². The smallest absolute Gasteiger partial charge is 0.142 e. The lowest BCUT2D eigenvalue weighted by molar-refractivity contribution is 0.416. The highest BCUT2D eigenvalue weighted by Crippen LogP contribution is 2.27. The normalized spacial score (nSPS) is 9.92. The third kappa shape index (κ3) is 1.37. The lowest BCUT2D eigenvalue weighted by atomic mass is 10.0. The van der Waals surface area contributed by atoms with Crippen molar-refractivity contribution in [3.8, 4) is 5.75 Å². The van der Waals surface area contributed by atoms with Crippen molar-refractivity contribution in [1.29, 1.82) is 0 Å². The largest absolute Gasteiger partial charge is 0.495 e. The summed E-state index contributed by atoms with van der Waals surface area (Å²) in [6, 6.07) is 3.94. The summed E-state index contributed by atoms with van der Waals surface area (Å²) in [5.74, 6) is 0.775. The fraction of sp³-hybridized carbons (Fsp3) is 0.400. The molecule has 2 heteroatoms. The number of aryl methyl sites for hydroxylation is 1. The maximum absolute atomic E-state index is 5.88. The Labute approximate surface area is 73.3 Å².